The molecule has 0 saturated heterocycles. The summed E-state index contributed by atoms with van der Waals surface area (Å²) >= 11 is 3.21. The third-order valence-corrected chi connectivity index (χ3v) is 2.77. The molecule has 0 saturated carbocycles. The minimum atomic E-state index is -2.88. The maximum Gasteiger partial charge on any atom is 0.264 e. The summed E-state index contributed by atoms with van der Waals surface area (Å²) in [4.78, 5) is 0. The first-order valence-electron chi connectivity index (χ1n) is 4.39. The number of hydrogen-bond acceptors (Lipinski definition) is 2. The number of rotatable bonds is 4. The third kappa shape index (κ3) is 3.43. The molecule has 0 aliphatic heterocycles. The van der Waals surface area contributed by atoms with Crippen LogP contribution in [0.25, 0.3) is 0 Å². The molecule has 0 aliphatic carbocycles. The predicted octanol–water partition coefficient (Wildman–Crippen LogP) is 2.59. The van der Waals surface area contributed by atoms with E-state index in [9.17, 15) is 8.78 Å². The van der Waals surface area contributed by atoms with E-state index in [2.05, 4.69) is 15.9 Å². The van der Waals surface area contributed by atoms with Gasteiger partial charge in [0, 0.05) is 10.9 Å². The molecule has 15 heavy (non-hydrogen) atoms. The number of hydrogen-bond donors (Lipinski definition) is 1. The second-order valence-corrected chi connectivity index (χ2v) is 4.05. The topological polar surface area (TPSA) is 35.2 Å². The van der Waals surface area contributed by atoms with Crippen molar-refractivity contribution in [3.05, 3.63) is 28.2 Å². The van der Waals surface area contributed by atoms with Crippen LogP contribution in [0.15, 0.2) is 22.7 Å². The zero-order valence-corrected chi connectivity index (χ0v) is 9.85. The van der Waals surface area contributed by atoms with Crippen molar-refractivity contribution in [2.75, 3.05) is 13.7 Å². The largest absolute Gasteiger partial charge is 0.497 e. The Bertz CT molecular complexity index is 344. The van der Waals surface area contributed by atoms with Crippen LogP contribution in [-0.2, 0) is 6.42 Å². The Morgan fingerprint density at radius 1 is 1.47 bits per heavy atom. The Kier molecular flexibility index (Phi) is 4.04. The van der Waals surface area contributed by atoms with Gasteiger partial charge in [0.15, 0.2) is 0 Å². The molecule has 2 N–H and O–H groups in total. The smallest absolute Gasteiger partial charge is 0.264 e. The lowest BCUT2D eigenvalue weighted by Gasteiger charge is -2.15. The van der Waals surface area contributed by atoms with Crippen molar-refractivity contribution < 1.29 is 13.5 Å². The first-order valence-corrected chi connectivity index (χ1v) is 5.18. The van der Waals surface area contributed by atoms with Crippen molar-refractivity contribution in [2.24, 2.45) is 5.73 Å². The molecule has 0 fully saturated rings. The lowest BCUT2D eigenvalue weighted by Crippen LogP contribution is -2.30. The van der Waals surface area contributed by atoms with E-state index in [4.69, 9.17) is 10.5 Å². The lowest BCUT2D eigenvalue weighted by atomic mass is 10.1. The monoisotopic (exact) mass is 279 g/mol. The summed E-state index contributed by atoms with van der Waals surface area (Å²) in [6, 6.07) is 4.96. The molecule has 0 spiro atoms. The van der Waals surface area contributed by atoms with Gasteiger partial charge in [0.2, 0.25) is 0 Å². The SMILES string of the molecule is COc1ccc(Br)c(CC(F)(F)CN)c1. The van der Waals surface area contributed by atoms with Crippen molar-refractivity contribution in [3.8, 4) is 5.75 Å². The zero-order chi connectivity index (χ0) is 11.5. The Morgan fingerprint density at radius 2 is 2.13 bits per heavy atom. The molecule has 1 aromatic carbocycles. The third-order valence-electron chi connectivity index (χ3n) is 2.00. The van der Waals surface area contributed by atoms with Crippen LogP contribution in [0.5, 0.6) is 5.75 Å². The first-order chi connectivity index (χ1) is 6.98. The minimum Gasteiger partial charge on any atom is -0.497 e. The average molecular weight is 280 g/mol. The fourth-order valence-corrected chi connectivity index (χ4v) is 1.55. The second kappa shape index (κ2) is 4.90. The summed E-state index contributed by atoms with van der Waals surface area (Å²) in [5.74, 6) is -2.32. The number of nitrogens with two attached hydrogens (primary N) is 1. The van der Waals surface area contributed by atoms with E-state index in [-0.39, 0.29) is 6.42 Å². The molecule has 0 heterocycles. The fourth-order valence-electron chi connectivity index (χ4n) is 1.16. The van der Waals surface area contributed by atoms with Gasteiger partial charge in [-0.2, -0.15) is 0 Å². The van der Waals surface area contributed by atoms with Crippen LogP contribution < -0.4 is 10.5 Å². The molecule has 1 rings (SSSR count). The molecule has 5 heteroatoms. The standard InChI is InChI=1S/C10H12BrF2NO/c1-15-8-2-3-9(11)7(4-8)5-10(12,13)6-14/h2-4H,5-6,14H2,1H3. The molecule has 0 aliphatic rings. The van der Waals surface area contributed by atoms with Gasteiger partial charge >= 0.3 is 0 Å². The van der Waals surface area contributed by atoms with Crippen molar-refractivity contribution >= 4 is 15.9 Å². The Morgan fingerprint density at radius 3 is 2.67 bits per heavy atom. The van der Waals surface area contributed by atoms with Crippen molar-refractivity contribution in [1.29, 1.82) is 0 Å². The molecule has 0 aromatic heterocycles. The molecule has 84 valence electrons. The number of methoxy groups -OCH3 is 1. The minimum absolute atomic E-state index is 0.388. The van der Waals surface area contributed by atoms with Gasteiger partial charge in [0.25, 0.3) is 5.92 Å². The molecule has 0 bridgehead atoms. The summed E-state index contributed by atoms with van der Waals surface area (Å²) < 4.78 is 31.7. The number of benzene rings is 1. The molecule has 0 atom stereocenters. The Hall–Kier alpha value is -0.680. The highest BCUT2D eigenvalue weighted by Crippen LogP contribution is 2.27. The zero-order valence-electron chi connectivity index (χ0n) is 8.27. The van der Waals surface area contributed by atoms with Crippen LogP contribution in [0.3, 0.4) is 0 Å². The van der Waals surface area contributed by atoms with E-state index < -0.39 is 12.5 Å². The number of halogens is 3. The highest BCUT2D eigenvalue weighted by atomic mass is 79.9. The van der Waals surface area contributed by atoms with Crippen molar-refractivity contribution in [1.82, 2.24) is 0 Å². The van der Waals surface area contributed by atoms with E-state index in [1.807, 2.05) is 0 Å². The van der Waals surface area contributed by atoms with Gasteiger partial charge in [-0.15, -0.1) is 0 Å². The maximum atomic E-state index is 13.1. The van der Waals surface area contributed by atoms with Crippen LogP contribution in [0, 0.1) is 0 Å². The van der Waals surface area contributed by atoms with Gasteiger partial charge in [-0.1, -0.05) is 15.9 Å². The van der Waals surface area contributed by atoms with Crippen LogP contribution >= 0.6 is 15.9 Å². The maximum absolute atomic E-state index is 13.1. The quantitative estimate of drug-likeness (QED) is 0.920. The molecular formula is C10H12BrF2NO. The number of alkyl halides is 2. The van der Waals surface area contributed by atoms with Gasteiger partial charge in [-0.3, -0.25) is 0 Å². The first kappa shape index (κ1) is 12.4. The van der Waals surface area contributed by atoms with Crippen LogP contribution in [0.1, 0.15) is 5.56 Å². The van der Waals surface area contributed by atoms with Crippen molar-refractivity contribution in [2.45, 2.75) is 12.3 Å². The van der Waals surface area contributed by atoms with E-state index in [1.165, 1.54) is 7.11 Å². The number of ether oxygens (including phenoxy) is 1. The average Bonchev–Trinajstić information content (AvgIpc) is 2.21. The van der Waals surface area contributed by atoms with Crippen molar-refractivity contribution in [3.63, 3.8) is 0 Å². The van der Waals surface area contributed by atoms with E-state index in [0.717, 1.165) is 0 Å². The van der Waals surface area contributed by atoms with Crippen LogP contribution in [0.2, 0.25) is 0 Å². The lowest BCUT2D eigenvalue weighted by molar-refractivity contribution is 0.0113. The summed E-state index contributed by atoms with van der Waals surface area (Å²) in [6.07, 6.45) is -0.388. The molecular weight excluding hydrogens is 268 g/mol. The fraction of sp³-hybridized carbons (Fsp3) is 0.400. The van der Waals surface area contributed by atoms with E-state index in [0.29, 0.717) is 15.8 Å². The summed E-state index contributed by atoms with van der Waals surface area (Å²) in [5, 5.41) is 0. The van der Waals surface area contributed by atoms with Gasteiger partial charge in [-0.05, 0) is 23.8 Å². The highest BCUT2D eigenvalue weighted by Gasteiger charge is 2.28. The van der Waals surface area contributed by atoms with Crippen LogP contribution in [0.4, 0.5) is 8.78 Å². The normalized spacial score (nSPS) is 11.5. The summed E-state index contributed by atoms with van der Waals surface area (Å²) in [7, 11) is 1.49. The Labute approximate surface area is 95.5 Å². The highest BCUT2D eigenvalue weighted by molar-refractivity contribution is 9.10. The predicted molar refractivity (Wildman–Crippen MR) is 58.4 cm³/mol. The summed E-state index contributed by atoms with van der Waals surface area (Å²) in [6.45, 7) is -0.656. The Balaban J connectivity index is 2.93. The molecule has 1 aromatic rings. The second-order valence-electron chi connectivity index (χ2n) is 3.19. The van der Waals surface area contributed by atoms with E-state index >= 15 is 0 Å². The van der Waals surface area contributed by atoms with Gasteiger partial charge in [-0.25, -0.2) is 8.78 Å². The van der Waals surface area contributed by atoms with E-state index in [1.54, 1.807) is 18.2 Å². The van der Waals surface area contributed by atoms with Gasteiger partial charge in [0.05, 0.1) is 13.7 Å². The molecule has 0 amide bonds. The molecule has 0 radical (unpaired) electrons. The molecule has 2 nitrogen and oxygen atoms in total. The van der Waals surface area contributed by atoms with Gasteiger partial charge in [0.1, 0.15) is 5.75 Å². The molecule has 0 unspecified atom stereocenters. The van der Waals surface area contributed by atoms with Crippen LogP contribution in [-0.4, -0.2) is 19.6 Å². The summed E-state index contributed by atoms with van der Waals surface area (Å²) in [5.41, 5.74) is 5.47. The van der Waals surface area contributed by atoms with Gasteiger partial charge < -0.3 is 10.5 Å².